The number of unbranched alkanes of at least 4 members (excludes halogenated alkanes) is 1. The van der Waals surface area contributed by atoms with Gasteiger partial charge in [-0.25, -0.2) is 4.98 Å². The lowest BCUT2D eigenvalue weighted by molar-refractivity contribution is 0.0788. The summed E-state index contributed by atoms with van der Waals surface area (Å²) >= 11 is 5.89. The standard InChI is InChI=1S/C13H16ClN3O/c1-3-4-7-16(2)13(18)11-9-17-8-10(14)5-6-12(17)15-11/h5-6,8-9H,3-4,7H2,1-2H3. The number of amides is 1. The molecule has 5 heteroatoms. The van der Waals surface area contributed by atoms with Crippen molar-refractivity contribution in [3.63, 3.8) is 0 Å². The number of hydrogen-bond donors (Lipinski definition) is 0. The lowest BCUT2D eigenvalue weighted by Gasteiger charge is -2.14. The summed E-state index contributed by atoms with van der Waals surface area (Å²) in [5.41, 5.74) is 1.18. The molecular formula is C13H16ClN3O. The first-order valence-electron chi connectivity index (χ1n) is 6.01. The van der Waals surface area contributed by atoms with Crippen molar-refractivity contribution < 1.29 is 4.79 Å². The maximum Gasteiger partial charge on any atom is 0.273 e. The van der Waals surface area contributed by atoms with Crippen LogP contribution < -0.4 is 0 Å². The lowest BCUT2D eigenvalue weighted by Crippen LogP contribution is -2.27. The van der Waals surface area contributed by atoms with Crippen molar-refractivity contribution in [3.8, 4) is 0 Å². The number of fused-ring (bicyclic) bond motifs is 1. The number of aromatic nitrogens is 2. The van der Waals surface area contributed by atoms with Crippen LogP contribution in [0.4, 0.5) is 0 Å². The molecule has 0 saturated heterocycles. The second-order valence-corrected chi connectivity index (χ2v) is 4.76. The fraction of sp³-hybridized carbons (Fsp3) is 0.385. The van der Waals surface area contributed by atoms with Gasteiger partial charge in [0.15, 0.2) is 0 Å². The van der Waals surface area contributed by atoms with E-state index in [1.54, 1.807) is 40.9 Å². The zero-order valence-electron chi connectivity index (χ0n) is 10.6. The molecule has 4 nitrogen and oxygen atoms in total. The SMILES string of the molecule is CCCCN(C)C(=O)c1cn2cc(Cl)ccc2n1. The largest absolute Gasteiger partial charge is 0.340 e. The van der Waals surface area contributed by atoms with E-state index in [9.17, 15) is 4.79 Å². The molecule has 96 valence electrons. The summed E-state index contributed by atoms with van der Waals surface area (Å²) in [6.07, 6.45) is 5.53. The Morgan fingerprint density at radius 2 is 2.22 bits per heavy atom. The molecule has 2 rings (SSSR count). The topological polar surface area (TPSA) is 37.6 Å². The predicted molar refractivity (Wildman–Crippen MR) is 72.1 cm³/mol. The minimum absolute atomic E-state index is 0.0525. The van der Waals surface area contributed by atoms with Gasteiger partial charge in [0.1, 0.15) is 11.3 Å². The van der Waals surface area contributed by atoms with Gasteiger partial charge in [-0.15, -0.1) is 0 Å². The Morgan fingerprint density at radius 3 is 2.94 bits per heavy atom. The Kier molecular flexibility index (Phi) is 3.87. The smallest absolute Gasteiger partial charge is 0.273 e. The Hall–Kier alpha value is -1.55. The summed E-state index contributed by atoms with van der Waals surface area (Å²) in [5.74, 6) is -0.0525. The minimum Gasteiger partial charge on any atom is -0.340 e. The molecule has 0 spiro atoms. The molecular weight excluding hydrogens is 250 g/mol. The van der Waals surface area contributed by atoms with Crippen LogP contribution in [0, 0.1) is 0 Å². The molecule has 18 heavy (non-hydrogen) atoms. The van der Waals surface area contributed by atoms with Gasteiger partial charge in [-0.3, -0.25) is 4.79 Å². The van der Waals surface area contributed by atoms with E-state index in [1.807, 2.05) is 0 Å². The molecule has 0 aliphatic carbocycles. The first-order chi connectivity index (χ1) is 8.61. The number of hydrogen-bond acceptors (Lipinski definition) is 2. The van der Waals surface area contributed by atoms with E-state index >= 15 is 0 Å². The molecule has 0 unspecified atom stereocenters. The van der Waals surface area contributed by atoms with Crippen LogP contribution in [0.3, 0.4) is 0 Å². The van der Waals surface area contributed by atoms with Crippen LogP contribution in [0.1, 0.15) is 30.3 Å². The fourth-order valence-corrected chi connectivity index (χ4v) is 1.93. The first-order valence-corrected chi connectivity index (χ1v) is 6.39. The average Bonchev–Trinajstić information content (AvgIpc) is 2.77. The lowest BCUT2D eigenvalue weighted by atomic mass is 10.3. The van der Waals surface area contributed by atoms with Crippen molar-refractivity contribution in [2.75, 3.05) is 13.6 Å². The normalized spacial score (nSPS) is 10.8. The van der Waals surface area contributed by atoms with Crippen LogP contribution in [0.15, 0.2) is 24.5 Å². The molecule has 0 aliphatic rings. The second-order valence-electron chi connectivity index (χ2n) is 4.32. The number of pyridine rings is 1. The molecule has 0 N–H and O–H groups in total. The number of halogens is 1. The zero-order valence-corrected chi connectivity index (χ0v) is 11.3. The molecule has 0 radical (unpaired) electrons. The molecule has 0 aliphatic heterocycles. The maximum atomic E-state index is 12.1. The number of rotatable bonds is 4. The van der Waals surface area contributed by atoms with E-state index in [4.69, 9.17) is 11.6 Å². The molecule has 2 aromatic rings. The van der Waals surface area contributed by atoms with E-state index in [1.165, 1.54) is 0 Å². The fourth-order valence-electron chi connectivity index (χ4n) is 1.76. The summed E-state index contributed by atoms with van der Waals surface area (Å²) in [5, 5.41) is 0.623. The van der Waals surface area contributed by atoms with E-state index in [-0.39, 0.29) is 5.91 Å². The third kappa shape index (κ3) is 2.64. The summed E-state index contributed by atoms with van der Waals surface area (Å²) in [6, 6.07) is 3.56. The van der Waals surface area contributed by atoms with Crippen LogP contribution in [0.2, 0.25) is 5.02 Å². The van der Waals surface area contributed by atoms with Crippen molar-refractivity contribution in [1.82, 2.24) is 14.3 Å². The van der Waals surface area contributed by atoms with E-state index < -0.39 is 0 Å². The maximum absolute atomic E-state index is 12.1. The highest BCUT2D eigenvalue weighted by Gasteiger charge is 2.14. The summed E-state index contributed by atoms with van der Waals surface area (Å²) < 4.78 is 1.77. The van der Waals surface area contributed by atoms with Crippen molar-refractivity contribution in [2.45, 2.75) is 19.8 Å². The van der Waals surface area contributed by atoms with Crippen molar-refractivity contribution in [1.29, 1.82) is 0 Å². The predicted octanol–water partition coefficient (Wildman–Crippen LogP) is 2.86. The molecule has 0 bridgehead atoms. The minimum atomic E-state index is -0.0525. The highest BCUT2D eigenvalue weighted by atomic mass is 35.5. The first kappa shape index (κ1) is 12.9. The van der Waals surface area contributed by atoms with E-state index in [2.05, 4.69) is 11.9 Å². The van der Waals surface area contributed by atoms with Gasteiger partial charge in [-0.05, 0) is 18.6 Å². The van der Waals surface area contributed by atoms with Crippen LogP contribution in [0.25, 0.3) is 5.65 Å². The van der Waals surface area contributed by atoms with Crippen molar-refractivity contribution >= 4 is 23.2 Å². The monoisotopic (exact) mass is 265 g/mol. The van der Waals surface area contributed by atoms with Crippen LogP contribution in [-0.4, -0.2) is 33.8 Å². The van der Waals surface area contributed by atoms with Crippen LogP contribution in [0.5, 0.6) is 0 Å². The number of nitrogens with zero attached hydrogens (tertiary/aromatic N) is 3. The molecule has 2 aromatic heterocycles. The van der Waals surface area contributed by atoms with Gasteiger partial charge in [0.25, 0.3) is 5.91 Å². The summed E-state index contributed by atoms with van der Waals surface area (Å²) in [7, 11) is 1.80. The molecule has 0 atom stereocenters. The molecule has 0 saturated carbocycles. The number of carbonyl (C=O) groups is 1. The zero-order chi connectivity index (χ0) is 13.1. The van der Waals surface area contributed by atoms with E-state index in [0.717, 1.165) is 25.0 Å². The quantitative estimate of drug-likeness (QED) is 0.853. The summed E-state index contributed by atoms with van der Waals surface area (Å²) in [4.78, 5) is 18.1. The highest BCUT2D eigenvalue weighted by molar-refractivity contribution is 6.30. The highest BCUT2D eigenvalue weighted by Crippen LogP contribution is 2.12. The van der Waals surface area contributed by atoms with Crippen molar-refractivity contribution in [2.24, 2.45) is 0 Å². The van der Waals surface area contributed by atoms with Gasteiger partial charge >= 0.3 is 0 Å². The van der Waals surface area contributed by atoms with Crippen LogP contribution in [-0.2, 0) is 0 Å². The van der Waals surface area contributed by atoms with Gasteiger partial charge in [0.2, 0.25) is 0 Å². The van der Waals surface area contributed by atoms with E-state index in [0.29, 0.717) is 10.7 Å². The van der Waals surface area contributed by atoms with Crippen LogP contribution >= 0.6 is 11.6 Å². The number of carbonyl (C=O) groups excluding carboxylic acids is 1. The second kappa shape index (κ2) is 5.40. The Morgan fingerprint density at radius 1 is 1.44 bits per heavy atom. The van der Waals surface area contributed by atoms with Gasteiger partial charge in [-0.1, -0.05) is 24.9 Å². The summed E-state index contributed by atoms with van der Waals surface area (Å²) in [6.45, 7) is 2.86. The number of imidazole rings is 1. The van der Waals surface area contributed by atoms with Crippen molar-refractivity contribution in [3.05, 3.63) is 35.2 Å². The van der Waals surface area contributed by atoms with Gasteiger partial charge in [0.05, 0.1) is 5.02 Å². The third-order valence-electron chi connectivity index (χ3n) is 2.83. The Bertz CT molecular complexity index is 564. The molecule has 0 aromatic carbocycles. The van der Waals surface area contributed by atoms with Gasteiger partial charge in [0, 0.05) is 26.0 Å². The molecule has 1 amide bonds. The average molecular weight is 266 g/mol. The molecule has 2 heterocycles. The van der Waals surface area contributed by atoms with Gasteiger partial charge < -0.3 is 9.30 Å². The third-order valence-corrected chi connectivity index (χ3v) is 3.05. The van der Waals surface area contributed by atoms with Gasteiger partial charge in [-0.2, -0.15) is 0 Å². The molecule has 0 fully saturated rings. The Balaban J connectivity index is 2.22. The Labute approximate surface area is 111 Å².